The molecular formula is C22H30N3O4+. The van der Waals surface area contributed by atoms with Gasteiger partial charge in [0.1, 0.15) is 11.8 Å². The zero-order valence-corrected chi connectivity index (χ0v) is 17.1. The zero-order valence-electron chi connectivity index (χ0n) is 17.1. The number of quaternary nitrogens is 1. The van der Waals surface area contributed by atoms with Crippen LogP contribution in [-0.4, -0.2) is 54.0 Å². The molecule has 0 spiro atoms. The van der Waals surface area contributed by atoms with Crippen molar-refractivity contribution in [3.8, 4) is 5.75 Å². The first kappa shape index (κ1) is 19.9. The predicted octanol–water partition coefficient (Wildman–Crippen LogP) is 1.89. The molecule has 1 N–H and O–H groups in total. The first-order chi connectivity index (χ1) is 14.1. The van der Waals surface area contributed by atoms with Crippen LogP contribution in [0, 0.1) is 0 Å². The summed E-state index contributed by atoms with van der Waals surface area (Å²) in [5, 5.41) is 0. The van der Waals surface area contributed by atoms with Crippen molar-refractivity contribution in [2.45, 2.75) is 63.5 Å². The van der Waals surface area contributed by atoms with Crippen molar-refractivity contribution in [3.63, 3.8) is 0 Å². The van der Waals surface area contributed by atoms with E-state index >= 15 is 0 Å². The molecule has 2 heterocycles. The number of nitrogens with one attached hydrogen (secondary N) is 1. The second-order valence-corrected chi connectivity index (χ2v) is 8.37. The Morgan fingerprint density at radius 3 is 2.31 bits per heavy atom. The van der Waals surface area contributed by atoms with Gasteiger partial charge in [-0.25, -0.2) is 9.69 Å². The monoisotopic (exact) mass is 400 g/mol. The fraction of sp³-hybridized carbons (Fsp3) is 0.591. The highest BCUT2D eigenvalue weighted by Gasteiger charge is 2.50. The third-order valence-corrected chi connectivity index (χ3v) is 6.64. The number of hydrogen-bond donors (Lipinski definition) is 1. The molecule has 1 saturated carbocycles. The van der Waals surface area contributed by atoms with E-state index in [0.717, 1.165) is 63.7 Å². The number of imide groups is 2. The maximum absolute atomic E-state index is 13.0. The molecule has 7 heteroatoms. The lowest BCUT2D eigenvalue weighted by Gasteiger charge is -2.30. The Balaban J connectivity index is 1.54. The van der Waals surface area contributed by atoms with Gasteiger partial charge in [0.05, 0.1) is 13.7 Å². The normalized spacial score (nSPS) is 26.3. The van der Waals surface area contributed by atoms with Crippen molar-refractivity contribution in [2.75, 3.05) is 20.3 Å². The maximum Gasteiger partial charge on any atom is 0.338 e. The number of amides is 4. The Kier molecular flexibility index (Phi) is 5.85. The van der Waals surface area contributed by atoms with Gasteiger partial charge in [0, 0.05) is 18.0 Å². The van der Waals surface area contributed by atoms with E-state index in [1.54, 1.807) is 7.11 Å². The Bertz CT molecular complexity index is 773. The van der Waals surface area contributed by atoms with E-state index in [1.807, 2.05) is 12.1 Å². The van der Waals surface area contributed by atoms with Gasteiger partial charge in [-0.15, -0.1) is 0 Å². The van der Waals surface area contributed by atoms with E-state index in [9.17, 15) is 14.4 Å². The van der Waals surface area contributed by atoms with E-state index in [0.29, 0.717) is 0 Å². The number of urea groups is 1. The van der Waals surface area contributed by atoms with Crippen molar-refractivity contribution in [3.05, 3.63) is 29.8 Å². The Labute approximate surface area is 171 Å². The summed E-state index contributed by atoms with van der Waals surface area (Å²) >= 11 is 0. The second kappa shape index (κ2) is 8.53. The summed E-state index contributed by atoms with van der Waals surface area (Å²) < 4.78 is 5.27. The highest BCUT2D eigenvalue weighted by atomic mass is 16.5. The lowest BCUT2D eigenvalue weighted by atomic mass is 10.0. The molecule has 29 heavy (non-hydrogen) atoms. The first-order valence-electron chi connectivity index (χ1n) is 10.8. The van der Waals surface area contributed by atoms with Crippen LogP contribution in [0.3, 0.4) is 0 Å². The molecule has 1 aromatic carbocycles. The lowest BCUT2D eigenvalue weighted by molar-refractivity contribution is -0.938. The average molecular weight is 400 g/mol. The van der Waals surface area contributed by atoms with Gasteiger partial charge in [0.25, 0.3) is 0 Å². The smallest absolute Gasteiger partial charge is 0.338 e. The van der Waals surface area contributed by atoms with Crippen LogP contribution in [0.5, 0.6) is 5.75 Å². The molecule has 0 aromatic heterocycles. The molecule has 2 aliphatic heterocycles. The zero-order chi connectivity index (χ0) is 20.4. The van der Waals surface area contributed by atoms with Crippen LogP contribution in [-0.2, 0) is 9.59 Å². The highest BCUT2D eigenvalue weighted by Crippen LogP contribution is 2.28. The molecule has 4 rings (SSSR count). The van der Waals surface area contributed by atoms with E-state index in [1.165, 1.54) is 20.3 Å². The fourth-order valence-electron chi connectivity index (χ4n) is 5.03. The molecule has 3 aliphatic rings. The summed E-state index contributed by atoms with van der Waals surface area (Å²) in [7, 11) is 1.65. The summed E-state index contributed by atoms with van der Waals surface area (Å²) in [6.45, 7) is 1.13. The molecule has 1 aromatic rings. The third-order valence-electron chi connectivity index (χ3n) is 6.64. The number of likely N-dealkylation sites (tertiary alicyclic amines) is 1. The van der Waals surface area contributed by atoms with Gasteiger partial charge in [-0.1, -0.05) is 12.8 Å². The molecular weight excluding hydrogens is 370 g/mol. The SMILES string of the molecule is COc1ccc([C@@H]2CCCCC[NH+]2CN2C(=O)C(=O)N(C3CCCC3)C2=O)cc1. The Hall–Kier alpha value is -2.41. The van der Waals surface area contributed by atoms with Crippen LogP contribution in [0.2, 0.25) is 0 Å². The van der Waals surface area contributed by atoms with Crippen molar-refractivity contribution in [1.82, 2.24) is 9.80 Å². The molecule has 0 bridgehead atoms. The van der Waals surface area contributed by atoms with Gasteiger partial charge in [0.2, 0.25) is 0 Å². The second-order valence-electron chi connectivity index (χ2n) is 8.37. The molecule has 7 nitrogen and oxygen atoms in total. The summed E-state index contributed by atoms with van der Waals surface area (Å²) in [4.78, 5) is 41.8. The quantitative estimate of drug-likeness (QED) is 0.605. The number of ether oxygens (including phenoxy) is 1. The summed E-state index contributed by atoms with van der Waals surface area (Å²) in [6, 6.07) is 7.71. The van der Waals surface area contributed by atoms with Crippen LogP contribution >= 0.6 is 0 Å². The van der Waals surface area contributed by atoms with Crippen molar-refractivity contribution >= 4 is 17.8 Å². The number of nitrogens with zero attached hydrogens (tertiary/aromatic N) is 2. The molecule has 4 amide bonds. The first-order valence-corrected chi connectivity index (χ1v) is 10.8. The van der Waals surface area contributed by atoms with Crippen molar-refractivity contribution < 1.29 is 24.0 Å². The van der Waals surface area contributed by atoms with Crippen molar-refractivity contribution in [1.29, 1.82) is 0 Å². The van der Waals surface area contributed by atoms with Gasteiger partial charge in [-0.3, -0.25) is 14.5 Å². The molecule has 2 saturated heterocycles. The number of carbonyl (C=O) groups is 3. The van der Waals surface area contributed by atoms with Crippen LogP contribution < -0.4 is 9.64 Å². The molecule has 156 valence electrons. The Morgan fingerprint density at radius 2 is 1.62 bits per heavy atom. The van der Waals surface area contributed by atoms with Crippen LogP contribution in [0.25, 0.3) is 0 Å². The van der Waals surface area contributed by atoms with Gasteiger partial charge >= 0.3 is 17.8 Å². The molecule has 1 unspecified atom stereocenters. The predicted molar refractivity (Wildman–Crippen MR) is 106 cm³/mol. The molecule has 3 fully saturated rings. The number of methoxy groups -OCH3 is 1. The summed E-state index contributed by atoms with van der Waals surface area (Å²) in [6.07, 6.45) is 7.95. The lowest BCUT2D eigenvalue weighted by Crippen LogP contribution is -3.13. The van der Waals surface area contributed by atoms with Gasteiger partial charge in [-0.2, -0.15) is 0 Å². The standard InChI is InChI=1S/C22H29N3O4/c1-29-18-12-10-16(11-13-18)19-9-3-2-6-14-23(19)15-24-20(26)21(27)25(22(24)28)17-7-4-5-8-17/h10-13,17,19H,2-9,14-15H2,1H3/p+1/t19-/m0/s1. The molecule has 2 atom stereocenters. The van der Waals surface area contributed by atoms with E-state index in [2.05, 4.69) is 12.1 Å². The van der Waals surface area contributed by atoms with Crippen LogP contribution in [0.1, 0.15) is 63.0 Å². The fourth-order valence-corrected chi connectivity index (χ4v) is 5.03. The van der Waals surface area contributed by atoms with E-state index in [-0.39, 0.29) is 18.8 Å². The number of carbonyl (C=O) groups excluding carboxylic acids is 3. The van der Waals surface area contributed by atoms with Crippen LogP contribution in [0.4, 0.5) is 4.79 Å². The highest BCUT2D eigenvalue weighted by molar-refractivity contribution is 6.44. The van der Waals surface area contributed by atoms with E-state index < -0.39 is 17.8 Å². The summed E-state index contributed by atoms with van der Waals surface area (Å²) in [5.74, 6) is -0.490. The number of hydrogen-bond acceptors (Lipinski definition) is 4. The number of benzene rings is 1. The van der Waals surface area contributed by atoms with Gasteiger partial charge < -0.3 is 9.64 Å². The number of rotatable bonds is 5. The van der Waals surface area contributed by atoms with Gasteiger partial charge in [0.15, 0.2) is 6.67 Å². The molecule has 0 radical (unpaired) electrons. The van der Waals surface area contributed by atoms with Crippen molar-refractivity contribution in [2.24, 2.45) is 0 Å². The minimum absolute atomic E-state index is 0.111. The minimum atomic E-state index is -0.660. The molecule has 1 aliphatic carbocycles. The Morgan fingerprint density at radius 1 is 0.931 bits per heavy atom. The van der Waals surface area contributed by atoms with E-state index in [4.69, 9.17) is 4.74 Å². The third kappa shape index (κ3) is 3.88. The largest absolute Gasteiger partial charge is 0.497 e. The van der Waals surface area contributed by atoms with Crippen LogP contribution in [0.15, 0.2) is 24.3 Å². The topological polar surface area (TPSA) is 71.4 Å². The minimum Gasteiger partial charge on any atom is -0.497 e. The maximum atomic E-state index is 13.0. The summed E-state index contributed by atoms with van der Waals surface area (Å²) in [5.41, 5.74) is 1.18. The average Bonchev–Trinajstić information content (AvgIpc) is 3.24. The van der Waals surface area contributed by atoms with Gasteiger partial charge in [-0.05, 0) is 56.4 Å².